The van der Waals surface area contributed by atoms with E-state index in [1.165, 1.54) is 24.9 Å². The van der Waals surface area contributed by atoms with Crippen molar-refractivity contribution in [3.05, 3.63) is 74.6 Å². The fraction of sp³-hybridized carbons (Fsp3) is 0.419. The Kier molecular flexibility index (Phi) is 10.9. The molecule has 3 N–H and O–H groups in total. The SMILES string of the molecule is COc1cc2oc(=O)c(CC(=O)NC(CSCc3ccccc3)C(=O)NCC3CCC(C(=O)O)CC3)c(C)c2cc1Cl. The van der Waals surface area contributed by atoms with Gasteiger partial charge < -0.3 is 24.9 Å². The van der Waals surface area contributed by atoms with Crippen LogP contribution in [0, 0.1) is 18.8 Å². The number of aryl methyl sites for hydroxylation is 1. The van der Waals surface area contributed by atoms with E-state index in [0.29, 0.717) is 58.2 Å². The lowest BCUT2D eigenvalue weighted by Crippen LogP contribution is -2.50. The van der Waals surface area contributed by atoms with Gasteiger partial charge in [-0.05, 0) is 55.7 Å². The summed E-state index contributed by atoms with van der Waals surface area (Å²) in [5.41, 5.74) is 1.51. The van der Waals surface area contributed by atoms with E-state index in [4.69, 9.17) is 20.8 Å². The second kappa shape index (κ2) is 14.6. The lowest BCUT2D eigenvalue weighted by atomic mass is 9.82. The zero-order chi connectivity index (χ0) is 30.2. The van der Waals surface area contributed by atoms with Crippen LogP contribution >= 0.6 is 23.4 Å². The molecule has 224 valence electrons. The molecule has 0 aliphatic heterocycles. The van der Waals surface area contributed by atoms with Gasteiger partial charge in [0, 0.05) is 29.5 Å². The van der Waals surface area contributed by atoms with E-state index in [9.17, 15) is 24.3 Å². The fourth-order valence-corrected chi connectivity index (χ4v) is 6.45. The number of benzene rings is 2. The first-order valence-electron chi connectivity index (χ1n) is 13.9. The van der Waals surface area contributed by atoms with Gasteiger partial charge in [0.1, 0.15) is 17.4 Å². The van der Waals surface area contributed by atoms with Crippen molar-refractivity contribution >= 4 is 52.1 Å². The summed E-state index contributed by atoms with van der Waals surface area (Å²) < 4.78 is 10.7. The van der Waals surface area contributed by atoms with Crippen LogP contribution < -0.4 is 21.0 Å². The van der Waals surface area contributed by atoms with Gasteiger partial charge >= 0.3 is 11.6 Å². The number of amides is 2. The van der Waals surface area contributed by atoms with Gasteiger partial charge in [-0.25, -0.2) is 4.79 Å². The van der Waals surface area contributed by atoms with Crippen molar-refractivity contribution in [3.63, 3.8) is 0 Å². The van der Waals surface area contributed by atoms with E-state index >= 15 is 0 Å². The number of carbonyl (C=O) groups excluding carboxylic acids is 2. The zero-order valence-electron chi connectivity index (χ0n) is 23.6. The first kappa shape index (κ1) is 31.4. The van der Waals surface area contributed by atoms with Crippen LogP contribution in [0.25, 0.3) is 11.0 Å². The molecule has 1 aromatic heterocycles. The normalized spacial score (nSPS) is 17.4. The van der Waals surface area contributed by atoms with E-state index in [1.54, 1.807) is 13.0 Å². The molecule has 0 saturated heterocycles. The predicted molar refractivity (Wildman–Crippen MR) is 163 cm³/mol. The minimum absolute atomic E-state index is 0.188. The van der Waals surface area contributed by atoms with Crippen LogP contribution in [-0.4, -0.2) is 48.3 Å². The molecule has 0 bridgehead atoms. The number of carboxylic acid groups (broad SMARTS) is 1. The quantitative estimate of drug-likeness (QED) is 0.249. The third-order valence-corrected chi connectivity index (χ3v) is 9.11. The molecule has 1 unspecified atom stereocenters. The smallest absolute Gasteiger partial charge is 0.340 e. The summed E-state index contributed by atoms with van der Waals surface area (Å²) >= 11 is 7.80. The second-order valence-electron chi connectivity index (χ2n) is 10.6. The molecule has 1 heterocycles. The van der Waals surface area contributed by atoms with Crippen LogP contribution in [0.15, 0.2) is 51.7 Å². The molecule has 1 fully saturated rings. The molecule has 1 aliphatic carbocycles. The first-order chi connectivity index (χ1) is 20.2. The second-order valence-corrected chi connectivity index (χ2v) is 12.0. The van der Waals surface area contributed by atoms with Gasteiger partial charge in [-0.2, -0.15) is 11.8 Å². The number of methoxy groups -OCH3 is 1. The molecule has 1 atom stereocenters. The Morgan fingerprint density at radius 3 is 2.52 bits per heavy atom. The Morgan fingerprint density at radius 2 is 1.86 bits per heavy atom. The first-order valence-corrected chi connectivity index (χ1v) is 15.4. The highest BCUT2D eigenvalue weighted by atomic mass is 35.5. The summed E-state index contributed by atoms with van der Waals surface area (Å²) in [4.78, 5) is 50.5. The van der Waals surface area contributed by atoms with Crippen LogP contribution in [-0.2, 0) is 26.6 Å². The molecule has 1 aliphatic rings. The Bertz CT molecular complexity index is 1490. The zero-order valence-corrected chi connectivity index (χ0v) is 25.2. The molecule has 1 saturated carbocycles. The van der Waals surface area contributed by atoms with Crippen molar-refractivity contribution in [2.24, 2.45) is 11.8 Å². The minimum atomic E-state index is -0.826. The largest absolute Gasteiger partial charge is 0.495 e. The maximum atomic E-state index is 13.3. The van der Waals surface area contributed by atoms with Crippen LogP contribution in [0.1, 0.15) is 42.4 Å². The molecule has 42 heavy (non-hydrogen) atoms. The van der Waals surface area contributed by atoms with Crippen molar-refractivity contribution in [3.8, 4) is 5.75 Å². The van der Waals surface area contributed by atoms with Crippen LogP contribution in [0.4, 0.5) is 0 Å². The number of hydrogen-bond acceptors (Lipinski definition) is 7. The summed E-state index contributed by atoms with van der Waals surface area (Å²) in [6.45, 7) is 2.14. The number of nitrogens with one attached hydrogen (secondary N) is 2. The highest BCUT2D eigenvalue weighted by molar-refractivity contribution is 7.98. The minimum Gasteiger partial charge on any atom is -0.495 e. The highest BCUT2D eigenvalue weighted by Gasteiger charge is 2.28. The average Bonchev–Trinajstić information content (AvgIpc) is 2.98. The van der Waals surface area contributed by atoms with E-state index in [2.05, 4.69) is 10.6 Å². The number of ether oxygens (including phenoxy) is 1. The molecule has 0 spiro atoms. The molecule has 0 radical (unpaired) electrons. The third kappa shape index (κ3) is 8.07. The van der Waals surface area contributed by atoms with Crippen molar-refractivity contribution in [1.29, 1.82) is 0 Å². The summed E-state index contributed by atoms with van der Waals surface area (Å²) in [5, 5.41) is 16.0. The number of hydrogen-bond donors (Lipinski definition) is 3. The summed E-state index contributed by atoms with van der Waals surface area (Å²) in [5.74, 6) is -0.336. The number of fused-ring (bicyclic) bond motifs is 1. The lowest BCUT2D eigenvalue weighted by molar-refractivity contribution is -0.143. The van der Waals surface area contributed by atoms with Crippen molar-refractivity contribution < 1.29 is 28.6 Å². The average molecular weight is 615 g/mol. The Labute approximate surface area is 253 Å². The number of aliphatic carboxylic acids is 1. The standard InChI is InChI=1S/C31H35ClN2O7S/c1-18-22-12-24(32)27(40-2)14-26(22)41-31(39)23(18)13-28(35)34-25(17-42-16-20-6-4-3-5-7-20)29(36)33-15-19-8-10-21(11-9-19)30(37)38/h3-7,12,14,19,21,25H,8-11,13,15-17H2,1-2H3,(H,33,36)(H,34,35)(H,37,38). The number of halogens is 1. The van der Waals surface area contributed by atoms with E-state index in [1.807, 2.05) is 30.3 Å². The molecule has 4 rings (SSSR count). The molecule has 11 heteroatoms. The molecule has 2 amide bonds. The van der Waals surface area contributed by atoms with Crippen LogP contribution in [0.2, 0.25) is 5.02 Å². The summed E-state index contributed by atoms with van der Waals surface area (Å²) in [7, 11) is 1.46. The van der Waals surface area contributed by atoms with Gasteiger partial charge in [0.05, 0.1) is 30.0 Å². The Morgan fingerprint density at radius 1 is 1.14 bits per heavy atom. The summed E-state index contributed by atoms with van der Waals surface area (Å²) in [6.07, 6.45) is 2.37. The predicted octanol–water partition coefficient (Wildman–Crippen LogP) is 4.73. The Hall–Kier alpha value is -3.50. The van der Waals surface area contributed by atoms with Crippen LogP contribution in [0.3, 0.4) is 0 Å². The molecule has 9 nitrogen and oxygen atoms in total. The maximum absolute atomic E-state index is 13.3. The summed E-state index contributed by atoms with van der Waals surface area (Å²) in [6, 6.07) is 12.2. The fourth-order valence-electron chi connectivity index (χ4n) is 5.19. The highest BCUT2D eigenvalue weighted by Crippen LogP contribution is 2.32. The number of carboxylic acids is 1. The Balaban J connectivity index is 1.44. The van der Waals surface area contributed by atoms with E-state index < -0.39 is 23.5 Å². The molecular weight excluding hydrogens is 580 g/mol. The van der Waals surface area contributed by atoms with Gasteiger partial charge in [-0.3, -0.25) is 14.4 Å². The van der Waals surface area contributed by atoms with E-state index in [-0.39, 0.29) is 29.7 Å². The topological polar surface area (TPSA) is 135 Å². The van der Waals surface area contributed by atoms with Gasteiger partial charge in [0.25, 0.3) is 0 Å². The van der Waals surface area contributed by atoms with Crippen molar-refractivity contribution in [2.45, 2.75) is 50.8 Å². The van der Waals surface area contributed by atoms with E-state index in [0.717, 1.165) is 18.4 Å². The van der Waals surface area contributed by atoms with Crippen molar-refractivity contribution in [1.82, 2.24) is 10.6 Å². The van der Waals surface area contributed by atoms with Gasteiger partial charge in [-0.1, -0.05) is 41.9 Å². The molecule has 2 aromatic carbocycles. The number of rotatable bonds is 12. The van der Waals surface area contributed by atoms with Crippen LogP contribution in [0.5, 0.6) is 5.75 Å². The monoisotopic (exact) mass is 614 g/mol. The van der Waals surface area contributed by atoms with Gasteiger partial charge in [-0.15, -0.1) is 0 Å². The lowest BCUT2D eigenvalue weighted by Gasteiger charge is -2.27. The van der Waals surface area contributed by atoms with Gasteiger partial charge in [0.2, 0.25) is 11.8 Å². The van der Waals surface area contributed by atoms with Crippen molar-refractivity contribution in [2.75, 3.05) is 19.4 Å². The molecular formula is C31H35ClN2O7S. The molecule has 3 aromatic rings. The maximum Gasteiger partial charge on any atom is 0.340 e. The number of carbonyl (C=O) groups is 3. The third-order valence-electron chi connectivity index (χ3n) is 7.71. The number of thioether (sulfide) groups is 1. The van der Waals surface area contributed by atoms with Gasteiger partial charge in [0.15, 0.2) is 0 Å².